The molecule has 0 spiro atoms. The molecule has 0 aliphatic carbocycles. The molecule has 1 aliphatic heterocycles. The minimum absolute atomic E-state index is 0.125. The molecule has 1 atom stereocenters. The van der Waals surface area contributed by atoms with E-state index in [2.05, 4.69) is 41.5 Å². The first-order valence-corrected chi connectivity index (χ1v) is 11.1. The minimum Gasteiger partial charge on any atom is -0.369 e. The summed E-state index contributed by atoms with van der Waals surface area (Å²) in [5.41, 5.74) is 12.9. The lowest BCUT2D eigenvalue weighted by atomic mass is 10.1. The smallest absolute Gasteiger partial charge is 0.248 e. The van der Waals surface area contributed by atoms with Crippen molar-refractivity contribution in [1.82, 2.24) is 19.3 Å². The number of amides is 1. The van der Waals surface area contributed by atoms with Crippen molar-refractivity contribution in [3.8, 4) is 11.3 Å². The monoisotopic (exact) mass is 441 g/mol. The number of morpholine rings is 1. The van der Waals surface area contributed by atoms with Crippen molar-refractivity contribution in [3.05, 3.63) is 89.0 Å². The van der Waals surface area contributed by atoms with Crippen LogP contribution < -0.4 is 5.73 Å². The number of hydrogen-bond acceptors (Lipinski definition) is 5. The van der Waals surface area contributed by atoms with E-state index in [9.17, 15) is 4.79 Å². The summed E-state index contributed by atoms with van der Waals surface area (Å²) in [5.74, 6) is -0.447. The summed E-state index contributed by atoms with van der Waals surface area (Å²) in [5, 5.41) is 0. The second kappa shape index (κ2) is 8.77. The highest BCUT2D eigenvalue weighted by Crippen LogP contribution is 2.26. The molecule has 33 heavy (non-hydrogen) atoms. The molecule has 1 amide bonds. The molecule has 7 heteroatoms. The number of nitrogens with zero attached hydrogens (tertiary/aromatic N) is 4. The van der Waals surface area contributed by atoms with Gasteiger partial charge in [0.25, 0.3) is 0 Å². The van der Waals surface area contributed by atoms with Crippen LogP contribution in [0, 0.1) is 13.8 Å². The molecule has 1 aromatic carbocycles. The molecule has 4 aromatic rings. The summed E-state index contributed by atoms with van der Waals surface area (Å²) >= 11 is 0. The normalized spacial score (nSPS) is 16.8. The highest BCUT2D eigenvalue weighted by atomic mass is 16.5. The fourth-order valence-corrected chi connectivity index (χ4v) is 4.37. The Kier molecular flexibility index (Phi) is 5.66. The standard InChI is InChI=1S/C26H27N5O2/c1-17-9-10-31-23(18(2)28-25(31)13-17)15-30-11-12-33-24(16-30)22-8-4-7-21(29-22)19-5-3-6-20(14-19)26(27)32/h3-10,13-14,24H,11-12,15-16H2,1-2H3,(H2,27,32). The largest absolute Gasteiger partial charge is 0.369 e. The number of imidazole rings is 1. The molecule has 7 nitrogen and oxygen atoms in total. The average molecular weight is 442 g/mol. The van der Waals surface area contributed by atoms with Gasteiger partial charge in [0.15, 0.2) is 0 Å². The Hall–Kier alpha value is -3.55. The number of carbonyl (C=O) groups excluding carboxylic acids is 1. The number of aromatic nitrogens is 3. The van der Waals surface area contributed by atoms with Crippen LogP contribution in [0.1, 0.15) is 39.1 Å². The Labute approximate surface area is 192 Å². The maximum Gasteiger partial charge on any atom is 0.248 e. The molecule has 1 unspecified atom stereocenters. The van der Waals surface area contributed by atoms with E-state index in [1.165, 1.54) is 11.3 Å². The molecule has 3 aromatic heterocycles. The van der Waals surface area contributed by atoms with Gasteiger partial charge < -0.3 is 14.9 Å². The van der Waals surface area contributed by atoms with Crippen LogP contribution in [0.2, 0.25) is 0 Å². The van der Waals surface area contributed by atoms with E-state index in [0.717, 1.165) is 47.9 Å². The zero-order valence-electron chi connectivity index (χ0n) is 18.9. The fourth-order valence-electron chi connectivity index (χ4n) is 4.37. The first-order valence-electron chi connectivity index (χ1n) is 11.1. The summed E-state index contributed by atoms with van der Waals surface area (Å²) in [6.45, 7) is 7.20. The molecule has 2 N–H and O–H groups in total. The zero-order valence-corrected chi connectivity index (χ0v) is 18.9. The van der Waals surface area contributed by atoms with Crippen LogP contribution in [0.4, 0.5) is 0 Å². The minimum atomic E-state index is -0.447. The Morgan fingerprint density at radius 2 is 1.97 bits per heavy atom. The number of ether oxygens (including phenoxy) is 1. The molecule has 0 radical (unpaired) electrons. The predicted octanol–water partition coefficient (Wildman–Crippen LogP) is 3.69. The van der Waals surface area contributed by atoms with Gasteiger partial charge >= 0.3 is 0 Å². The van der Waals surface area contributed by atoms with E-state index < -0.39 is 5.91 Å². The van der Waals surface area contributed by atoms with Crippen LogP contribution in [0.5, 0.6) is 0 Å². The van der Waals surface area contributed by atoms with Crippen molar-refractivity contribution >= 4 is 11.6 Å². The van der Waals surface area contributed by atoms with Crippen LogP contribution in [0.15, 0.2) is 60.8 Å². The number of nitrogens with two attached hydrogens (primary N) is 1. The number of rotatable bonds is 5. The van der Waals surface area contributed by atoms with Gasteiger partial charge in [0.05, 0.1) is 29.4 Å². The second-order valence-electron chi connectivity index (χ2n) is 8.56. The Bertz CT molecular complexity index is 1330. The Morgan fingerprint density at radius 3 is 2.82 bits per heavy atom. The molecule has 0 bridgehead atoms. The summed E-state index contributed by atoms with van der Waals surface area (Å²) in [6, 6.07) is 17.4. The molecule has 1 fully saturated rings. The van der Waals surface area contributed by atoms with Gasteiger partial charge in [-0.2, -0.15) is 0 Å². The quantitative estimate of drug-likeness (QED) is 0.511. The lowest BCUT2D eigenvalue weighted by Crippen LogP contribution is -2.38. The van der Waals surface area contributed by atoms with Crippen LogP contribution in [-0.4, -0.2) is 44.9 Å². The van der Waals surface area contributed by atoms with Crippen molar-refractivity contribution in [2.45, 2.75) is 26.5 Å². The molecule has 168 valence electrons. The molecule has 4 heterocycles. The van der Waals surface area contributed by atoms with Gasteiger partial charge in [-0.15, -0.1) is 0 Å². The topological polar surface area (TPSA) is 85.8 Å². The maximum atomic E-state index is 11.6. The number of hydrogen-bond donors (Lipinski definition) is 1. The highest BCUT2D eigenvalue weighted by molar-refractivity contribution is 5.94. The molecule has 0 saturated carbocycles. The Balaban J connectivity index is 1.37. The number of pyridine rings is 2. The van der Waals surface area contributed by atoms with Gasteiger partial charge in [-0.05, 0) is 55.8 Å². The van der Waals surface area contributed by atoms with E-state index in [0.29, 0.717) is 12.2 Å². The van der Waals surface area contributed by atoms with Gasteiger partial charge in [0, 0.05) is 37.0 Å². The molecule has 1 saturated heterocycles. The van der Waals surface area contributed by atoms with Crippen molar-refractivity contribution in [1.29, 1.82) is 0 Å². The SMILES string of the molecule is Cc1ccn2c(CN3CCOC(c4cccc(-c5cccc(C(N)=O)c5)n4)C3)c(C)nc2c1. The van der Waals surface area contributed by atoms with Gasteiger partial charge in [0.1, 0.15) is 11.8 Å². The van der Waals surface area contributed by atoms with Crippen molar-refractivity contribution in [2.24, 2.45) is 5.73 Å². The third-order valence-corrected chi connectivity index (χ3v) is 6.15. The maximum absolute atomic E-state index is 11.6. The van der Waals surface area contributed by atoms with E-state index >= 15 is 0 Å². The van der Waals surface area contributed by atoms with Gasteiger partial charge in [-0.3, -0.25) is 14.7 Å². The Morgan fingerprint density at radius 1 is 1.12 bits per heavy atom. The lowest BCUT2D eigenvalue weighted by Gasteiger charge is -2.32. The van der Waals surface area contributed by atoms with Gasteiger partial charge in [0.2, 0.25) is 5.91 Å². The van der Waals surface area contributed by atoms with E-state index in [-0.39, 0.29) is 6.10 Å². The summed E-state index contributed by atoms with van der Waals surface area (Å²) in [6.07, 6.45) is 1.98. The van der Waals surface area contributed by atoms with E-state index in [1.54, 1.807) is 12.1 Å². The number of carbonyl (C=O) groups is 1. The predicted molar refractivity (Wildman–Crippen MR) is 127 cm³/mol. The second-order valence-corrected chi connectivity index (χ2v) is 8.56. The number of benzene rings is 1. The molecular weight excluding hydrogens is 414 g/mol. The first kappa shape index (κ1) is 21.3. The number of aryl methyl sites for hydroxylation is 2. The third-order valence-electron chi connectivity index (χ3n) is 6.15. The fraction of sp³-hybridized carbons (Fsp3) is 0.269. The molecule has 1 aliphatic rings. The highest BCUT2D eigenvalue weighted by Gasteiger charge is 2.25. The molecule has 5 rings (SSSR count). The van der Waals surface area contributed by atoms with Crippen molar-refractivity contribution < 1.29 is 9.53 Å². The third kappa shape index (κ3) is 4.37. The van der Waals surface area contributed by atoms with E-state index in [4.69, 9.17) is 20.4 Å². The van der Waals surface area contributed by atoms with E-state index in [1.807, 2.05) is 30.3 Å². The van der Waals surface area contributed by atoms with Crippen LogP contribution >= 0.6 is 0 Å². The van der Waals surface area contributed by atoms with Crippen molar-refractivity contribution in [3.63, 3.8) is 0 Å². The van der Waals surface area contributed by atoms with Crippen LogP contribution in [0.25, 0.3) is 16.9 Å². The van der Waals surface area contributed by atoms with Crippen LogP contribution in [-0.2, 0) is 11.3 Å². The zero-order chi connectivity index (χ0) is 22.9. The lowest BCUT2D eigenvalue weighted by molar-refractivity contribution is -0.0354. The molecular formula is C26H27N5O2. The number of fused-ring (bicyclic) bond motifs is 1. The number of primary amides is 1. The first-order chi connectivity index (χ1) is 16.0. The summed E-state index contributed by atoms with van der Waals surface area (Å²) in [7, 11) is 0. The van der Waals surface area contributed by atoms with Gasteiger partial charge in [-0.25, -0.2) is 4.98 Å². The van der Waals surface area contributed by atoms with Gasteiger partial charge in [-0.1, -0.05) is 18.2 Å². The summed E-state index contributed by atoms with van der Waals surface area (Å²) < 4.78 is 8.28. The van der Waals surface area contributed by atoms with Crippen molar-refractivity contribution in [2.75, 3.05) is 19.7 Å². The van der Waals surface area contributed by atoms with Crippen LogP contribution in [0.3, 0.4) is 0 Å². The average Bonchev–Trinajstić information content (AvgIpc) is 3.13. The summed E-state index contributed by atoms with van der Waals surface area (Å²) in [4.78, 5) is 23.5.